The van der Waals surface area contributed by atoms with Crippen LogP contribution in [-0.4, -0.2) is 51.9 Å². The number of alkyl halides is 3. The average Bonchev–Trinajstić information content (AvgIpc) is 3.56. The second-order valence-corrected chi connectivity index (χ2v) is 9.65. The number of β-amino-alcohol motifs (C(OH)–C–C–N with tert-alkyl or cyclic N) is 1. The summed E-state index contributed by atoms with van der Waals surface area (Å²) in [4.78, 5) is 15.4. The van der Waals surface area contributed by atoms with Gasteiger partial charge in [0.25, 0.3) is 0 Å². The summed E-state index contributed by atoms with van der Waals surface area (Å²) in [5, 5.41) is 13.5. The summed E-state index contributed by atoms with van der Waals surface area (Å²) in [6.07, 6.45) is -4.28. The highest BCUT2D eigenvalue weighted by molar-refractivity contribution is 5.96. The molecule has 1 N–H and O–H groups in total. The van der Waals surface area contributed by atoms with E-state index in [-0.39, 0.29) is 18.2 Å². The standard InChI is InChI=1S/C30H28F3N3O3/c1-39-25-12-10-23(11-13-25)36-27(17-29(34-36)30(31,32)33)28(38)16-20-6-8-21(9-7-20)26-5-3-2-4-22(26)18-35-15-14-24(37)19-35/h2-13,17,24,37H,14-16,18-19H2,1H3/t24-/m0/s1. The maximum absolute atomic E-state index is 13.5. The van der Waals surface area contributed by atoms with E-state index in [1.165, 1.54) is 7.11 Å². The van der Waals surface area contributed by atoms with E-state index in [2.05, 4.69) is 16.1 Å². The summed E-state index contributed by atoms with van der Waals surface area (Å²) in [5.74, 6) is 0.0593. The number of nitrogens with zero attached hydrogens (tertiary/aromatic N) is 3. The molecule has 1 aromatic heterocycles. The van der Waals surface area contributed by atoms with Crippen molar-refractivity contribution in [1.29, 1.82) is 0 Å². The van der Waals surface area contributed by atoms with Gasteiger partial charge in [0.15, 0.2) is 11.5 Å². The van der Waals surface area contributed by atoms with Crippen molar-refractivity contribution in [1.82, 2.24) is 14.7 Å². The molecule has 1 aliphatic rings. The fourth-order valence-corrected chi connectivity index (χ4v) is 4.85. The molecular weight excluding hydrogens is 507 g/mol. The number of aliphatic hydroxyl groups is 1. The van der Waals surface area contributed by atoms with Gasteiger partial charge in [-0.3, -0.25) is 9.69 Å². The zero-order valence-electron chi connectivity index (χ0n) is 21.4. The van der Waals surface area contributed by atoms with E-state index in [0.29, 0.717) is 23.5 Å². The third-order valence-electron chi connectivity index (χ3n) is 6.89. The molecule has 6 nitrogen and oxygen atoms in total. The highest BCUT2D eigenvalue weighted by atomic mass is 19.4. The topological polar surface area (TPSA) is 67.6 Å². The van der Waals surface area contributed by atoms with Crippen molar-refractivity contribution >= 4 is 5.78 Å². The Labute approximate surface area is 224 Å². The summed E-state index contributed by atoms with van der Waals surface area (Å²) in [6.45, 7) is 2.22. The zero-order chi connectivity index (χ0) is 27.6. The highest BCUT2D eigenvalue weighted by Gasteiger charge is 2.36. The summed E-state index contributed by atoms with van der Waals surface area (Å²) in [7, 11) is 1.49. The van der Waals surface area contributed by atoms with Crippen molar-refractivity contribution in [2.45, 2.75) is 31.7 Å². The smallest absolute Gasteiger partial charge is 0.435 e. The number of hydrogen-bond donors (Lipinski definition) is 1. The maximum atomic E-state index is 13.5. The Balaban J connectivity index is 1.37. The van der Waals surface area contributed by atoms with Crippen molar-refractivity contribution in [3.63, 3.8) is 0 Å². The number of likely N-dealkylation sites (tertiary alicyclic amines) is 1. The van der Waals surface area contributed by atoms with Gasteiger partial charge in [-0.05, 0) is 52.9 Å². The van der Waals surface area contributed by atoms with Crippen LogP contribution in [0.3, 0.4) is 0 Å². The number of Topliss-reactive ketones (excluding diaryl/α,β-unsaturated/α-hetero) is 1. The second-order valence-electron chi connectivity index (χ2n) is 9.65. The molecular formula is C30H28F3N3O3. The normalized spacial score (nSPS) is 16.0. The van der Waals surface area contributed by atoms with E-state index < -0.39 is 17.7 Å². The molecule has 1 aliphatic heterocycles. The van der Waals surface area contributed by atoms with Gasteiger partial charge in [-0.2, -0.15) is 18.3 Å². The first-order valence-electron chi connectivity index (χ1n) is 12.6. The Morgan fingerprint density at radius 1 is 1.05 bits per heavy atom. The average molecular weight is 536 g/mol. The summed E-state index contributed by atoms with van der Waals surface area (Å²) >= 11 is 0. The Morgan fingerprint density at radius 3 is 2.41 bits per heavy atom. The third kappa shape index (κ3) is 6.05. The number of methoxy groups -OCH3 is 1. The molecule has 9 heteroatoms. The lowest BCUT2D eigenvalue weighted by molar-refractivity contribution is -0.141. The van der Waals surface area contributed by atoms with Crippen LogP contribution >= 0.6 is 0 Å². The van der Waals surface area contributed by atoms with Crippen molar-refractivity contribution < 1.29 is 27.8 Å². The first kappa shape index (κ1) is 26.6. The summed E-state index contributed by atoms with van der Waals surface area (Å²) in [5.41, 5.74) is 2.91. The van der Waals surface area contributed by atoms with E-state index in [9.17, 15) is 23.1 Å². The van der Waals surface area contributed by atoms with E-state index in [1.807, 2.05) is 42.5 Å². The number of benzene rings is 3. The maximum Gasteiger partial charge on any atom is 0.435 e. The number of carbonyl (C=O) groups excluding carboxylic acids is 1. The lowest BCUT2D eigenvalue weighted by atomic mass is 9.97. The van der Waals surface area contributed by atoms with Gasteiger partial charge in [0.05, 0.1) is 18.9 Å². The van der Waals surface area contributed by atoms with E-state index >= 15 is 0 Å². The number of ether oxygens (including phenoxy) is 1. The van der Waals surface area contributed by atoms with Crippen LogP contribution in [0.4, 0.5) is 13.2 Å². The van der Waals surface area contributed by atoms with Crippen LogP contribution in [0.1, 0.15) is 33.7 Å². The molecule has 0 spiro atoms. The predicted octanol–water partition coefficient (Wildman–Crippen LogP) is 5.56. The molecule has 4 aromatic rings. The summed E-state index contributed by atoms with van der Waals surface area (Å²) in [6, 6.07) is 22.6. The molecule has 1 saturated heterocycles. The van der Waals surface area contributed by atoms with Crippen molar-refractivity contribution in [2.75, 3.05) is 20.2 Å². The molecule has 0 amide bonds. The summed E-state index contributed by atoms with van der Waals surface area (Å²) < 4.78 is 46.6. The molecule has 1 atom stereocenters. The fraction of sp³-hybridized carbons (Fsp3) is 0.267. The van der Waals surface area contributed by atoms with Crippen LogP contribution in [0.5, 0.6) is 5.75 Å². The molecule has 1 fully saturated rings. The molecule has 5 rings (SSSR count). The minimum absolute atomic E-state index is 0.0766. The predicted molar refractivity (Wildman–Crippen MR) is 141 cm³/mol. The second kappa shape index (κ2) is 11.0. The molecule has 0 unspecified atom stereocenters. The van der Waals surface area contributed by atoms with Gasteiger partial charge in [-0.25, -0.2) is 4.68 Å². The lowest BCUT2D eigenvalue weighted by Gasteiger charge is -2.18. The Bertz CT molecular complexity index is 1450. The van der Waals surface area contributed by atoms with Gasteiger partial charge in [-0.1, -0.05) is 48.5 Å². The quantitative estimate of drug-likeness (QED) is 0.300. The van der Waals surface area contributed by atoms with Gasteiger partial charge in [0.2, 0.25) is 0 Å². The van der Waals surface area contributed by atoms with Gasteiger partial charge >= 0.3 is 6.18 Å². The van der Waals surface area contributed by atoms with Crippen LogP contribution in [0, 0.1) is 0 Å². The van der Waals surface area contributed by atoms with Crippen LogP contribution < -0.4 is 4.74 Å². The fourth-order valence-electron chi connectivity index (χ4n) is 4.85. The molecule has 0 bridgehead atoms. The molecule has 2 heterocycles. The monoisotopic (exact) mass is 535 g/mol. The molecule has 0 aliphatic carbocycles. The van der Waals surface area contributed by atoms with E-state index in [0.717, 1.165) is 46.9 Å². The SMILES string of the molecule is COc1ccc(-n2nc(C(F)(F)F)cc2C(=O)Cc2ccc(-c3ccccc3CN3CC[C@H](O)C3)cc2)cc1. The van der Waals surface area contributed by atoms with Crippen LogP contribution in [0.15, 0.2) is 78.9 Å². The van der Waals surface area contributed by atoms with Crippen LogP contribution in [0.25, 0.3) is 16.8 Å². The minimum Gasteiger partial charge on any atom is -0.497 e. The molecule has 202 valence electrons. The van der Waals surface area contributed by atoms with Crippen LogP contribution in [0.2, 0.25) is 0 Å². The number of ketones is 1. The Hall–Kier alpha value is -3.95. The van der Waals surface area contributed by atoms with Crippen LogP contribution in [-0.2, 0) is 19.1 Å². The number of aromatic nitrogens is 2. The third-order valence-corrected chi connectivity index (χ3v) is 6.89. The van der Waals surface area contributed by atoms with Crippen molar-refractivity contribution in [2.24, 2.45) is 0 Å². The zero-order valence-corrected chi connectivity index (χ0v) is 21.4. The molecule has 0 radical (unpaired) electrons. The number of aliphatic hydroxyl groups excluding tert-OH is 1. The molecule has 0 saturated carbocycles. The highest BCUT2D eigenvalue weighted by Crippen LogP contribution is 2.31. The number of carbonyl (C=O) groups is 1. The van der Waals surface area contributed by atoms with Gasteiger partial charge in [-0.15, -0.1) is 0 Å². The van der Waals surface area contributed by atoms with Gasteiger partial charge in [0, 0.05) is 32.1 Å². The molecule has 3 aromatic carbocycles. The molecule has 39 heavy (non-hydrogen) atoms. The van der Waals surface area contributed by atoms with Crippen molar-refractivity contribution in [3.05, 3.63) is 101 Å². The number of hydrogen-bond acceptors (Lipinski definition) is 5. The van der Waals surface area contributed by atoms with E-state index in [1.54, 1.807) is 24.3 Å². The Kier molecular flexibility index (Phi) is 7.54. The number of rotatable bonds is 8. The van der Waals surface area contributed by atoms with Crippen molar-refractivity contribution in [3.8, 4) is 22.6 Å². The Morgan fingerprint density at radius 2 is 1.77 bits per heavy atom. The van der Waals surface area contributed by atoms with Gasteiger partial charge in [0.1, 0.15) is 11.4 Å². The first-order chi connectivity index (χ1) is 18.7. The van der Waals surface area contributed by atoms with E-state index in [4.69, 9.17) is 4.74 Å². The number of halogens is 3. The lowest BCUT2D eigenvalue weighted by Crippen LogP contribution is -2.21. The first-order valence-corrected chi connectivity index (χ1v) is 12.6. The largest absolute Gasteiger partial charge is 0.497 e. The van der Waals surface area contributed by atoms with Gasteiger partial charge < -0.3 is 9.84 Å². The minimum atomic E-state index is -4.69.